The number of H-pyrrole nitrogens is 1. The van der Waals surface area contributed by atoms with Crippen molar-refractivity contribution in [1.82, 2.24) is 35.6 Å². The first kappa shape index (κ1) is 24.2. The van der Waals surface area contributed by atoms with Gasteiger partial charge in [0.1, 0.15) is 16.9 Å². The van der Waals surface area contributed by atoms with Crippen molar-refractivity contribution in [3.05, 3.63) is 50.9 Å². The van der Waals surface area contributed by atoms with E-state index in [1.807, 2.05) is 6.92 Å². The van der Waals surface area contributed by atoms with Gasteiger partial charge in [-0.3, -0.25) is 19.1 Å². The number of aromatic amines is 1. The summed E-state index contributed by atoms with van der Waals surface area (Å²) in [4.78, 5) is 38.7. The summed E-state index contributed by atoms with van der Waals surface area (Å²) < 4.78 is 6.30. The van der Waals surface area contributed by atoms with Gasteiger partial charge in [0, 0.05) is 11.8 Å². The maximum atomic E-state index is 13.5. The molecular formula is C23H27ClN8O4. The lowest BCUT2D eigenvalue weighted by molar-refractivity contribution is -0.119. The molecule has 2 unspecified atom stereocenters. The molecule has 2 amide bonds. The molecule has 0 aliphatic heterocycles. The fourth-order valence-electron chi connectivity index (χ4n) is 4.73. The highest BCUT2D eigenvalue weighted by Gasteiger charge is 2.48. The molecular weight excluding hydrogens is 488 g/mol. The lowest BCUT2D eigenvalue weighted by Gasteiger charge is -2.27. The second-order valence-corrected chi connectivity index (χ2v) is 9.85. The van der Waals surface area contributed by atoms with Crippen molar-refractivity contribution in [3.8, 4) is 0 Å². The molecule has 2 fully saturated rings. The van der Waals surface area contributed by atoms with Gasteiger partial charge in [-0.05, 0) is 68.0 Å². The first-order chi connectivity index (χ1) is 17.4. The maximum Gasteiger partial charge on any atom is 0.276 e. The molecule has 2 atom stereocenters. The topological polar surface area (TPSA) is 161 Å². The molecule has 190 valence electrons. The highest BCUT2D eigenvalue weighted by molar-refractivity contribution is 6.29. The first-order valence-corrected chi connectivity index (χ1v) is 12.5. The zero-order valence-electron chi connectivity index (χ0n) is 19.9. The van der Waals surface area contributed by atoms with E-state index in [9.17, 15) is 14.4 Å². The van der Waals surface area contributed by atoms with Gasteiger partial charge in [-0.1, -0.05) is 23.7 Å². The van der Waals surface area contributed by atoms with Crippen LogP contribution < -0.4 is 16.2 Å². The van der Waals surface area contributed by atoms with Crippen LogP contribution in [0.3, 0.4) is 0 Å². The summed E-state index contributed by atoms with van der Waals surface area (Å²) in [7, 11) is 0. The third-order valence-corrected chi connectivity index (χ3v) is 7.10. The zero-order valence-corrected chi connectivity index (χ0v) is 20.7. The Hall–Kier alpha value is -3.54. The minimum absolute atomic E-state index is 0.0466. The predicted octanol–water partition coefficient (Wildman–Crippen LogP) is 2.35. The first-order valence-electron chi connectivity index (χ1n) is 12.1. The molecule has 0 bridgehead atoms. The standard InChI is InChI=1S/C23H27ClN8O4/c1-3-16-19(31-36-30-16)22(34)27-20(18(12-4-5-12)13-6-7-13)23(35)26-14-9-25-32(10-14)11(2)15-8-17(24)28-29-21(15)33/h8-13,18,20H,3-7H2,1-2H3,(H,26,35)(H,27,34)(H,29,33). The van der Waals surface area contributed by atoms with Crippen LogP contribution in [0, 0.1) is 17.8 Å². The summed E-state index contributed by atoms with van der Waals surface area (Å²) in [6.45, 7) is 3.64. The molecule has 0 aromatic carbocycles. The quantitative estimate of drug-likeness (QED) is 0.371. The Balaban J connectivity index is 1.35. The van der Waals surface area contributed by atoms with Crippen LogP contribution >= 0.6 is 11.6 Å². The second kappa shape index (κ2) is 9.84. The van der Waals surface area contributed by atoms with Gasteiger partial charge in [0.25, 0.3) is 11.5 Å². The number of rotatable bonds is 10. The number of nitrogens with zero attached hydrogens (tertiary/aromatic N) is 5. The Bertz CT molecular complexity index is 1310. The summed E-state index contributed by atoms with van der Waals surface area (Å²) in [5.41, 5.74) is 1.01. The molecule has 36 heavy (non-hydrogen) atoms. The molecule has 3 aromatic heterocycles. The third-order valence-electron chi connectivity index (χ3n) is 6.91. The van der Waals surface area contributed by atoms with E-state index in [2.05, 4.69) is 36.2 Å². The smallest absolute Gasteiger partial charge is 0.276 e. The summed E-state index contributed by atoms with van der Waals surface area (Å²) in [6, 6.07) is 0.296. The summed E-state index contributed by atoms with van der Waals surface area (Å²) in [6.07, 6.45) is 7.81. The van der Waals surface area contributed by atoms with Crippen LogP contribution in [-0.4, -0.2) is 48.1 Å². The number of anilines is 1. The van der Waals surface area contributed by atoms with E-state index in [1.165, 1.54) is 12.3 Å². The number of amides is 2. The molecule has 5 rings (SSSR count). The Morgan fingerprint density at radius 3 is 2.64 bits per heavy atom. The average molecular weight is 515 g/mol. The van der Waals surface area contributed by atoms with Crippen LogP contribution in [-0.2, 0) is 11.2 Å². The summed E-state index contributed by atoms with van der Waals surface area (Å²) >= 11 is 5.93. The maximum absolute atomic E-state index is 13.5. The van der Waals surface area contributed by atoms with Crippen LogP contribution in [0.1, 0.15) is 67.3 Å². The number of aromatic nitrogens is 6. The van der Waals surface area contributed by atoms with Crippen LogP contribution in [0.25, 0.3) is 0 Å². The third kappa shape index (κ3) is 5.03. The van der Waals surface area contributed by atoms with Crippen molar-refractivity contribution in [3.63, 3.8) is 0 Å². The van der Waals surface area contributed by atoms with Crippen molar-refractivity contribution in [1.29, 1.82) is 0 Å². The molecule has 2 aliphatic carbocycles. The zero-order chi connectivity index (χ0) is 25.4. The Labute approximate surface area is 211 Å². The van der Waals surface area contributed by atoms with E-state index in [4.69, 9.17) is 16.2 Å². The molecule has 0 saturated heterocycles. The predicted molar refractivity (Wildman–Crippen MR) is 128 cm³/mol. The van der Waals surface area contributed by atoms with Gasteiger partial charge in [0.2, 0.25) is 5.91 Å². The van der Waals surface area contributed by atoms with Crippen molar-refractivity contribution in [2.45, 2.75) is 58.0 Å². The van der Waals surface area contributed by atoms with Gasteiger partial charge in [-0.2, -0.15) is 10.2 Å². The fraction of sp³-hybridized carbons (Fsp3) is 0.522. The van der Waals surface area contributed by atoms with Gasteiger partial charge in [-0.15, -0.1) is 0 Å². The molecule has 2 saturated carbocycles. The van der Waals surface area contributed by atoms with Crippen molar-refractivity contribution >= 4 is 29.1 Å². The molecule has 3 N–H and O–H groups in total. The van der Waals surface area contributed by atoms with E-state index in [0.29, 0.717) is 35.2 Å². The lowest BCUT2D eigenvalue weighted by Crippen LogP contribution is -2.50. The Kier molecular flexibility index (Phi) is 6.61. The highest BCUT2D eigenvalue weighted by Crippen LogP contribution is 2.50. The van der Waals surface area contributed by atoms with E-state index in [-0.39, 0.29) is 28.2 Å². The van der Waals surface area contributed by atoms with Crippen molar-refractivity contribution < 1.29 is 14.2 Å². The van der Waals surface area contributed by atoms with Crippen LogP contribution in [0.5, 0.6) is 0 Å². The van der Waals surface area contributed by atoms with Gasteiger partial charge in [0.05, 0.1) is 17.9 Å². The van der Waals surface area contributed by atoms with Gasteiger partial charge >= 0.3 is 0 Å². The second-order valence-electron chi connectivity index (χ2n) is 9.47. The molecule has 2 aliphatic rings. The molecule has 12 nitrogen and oxygen atoms in total. The van der Waals surface area contributed by atoms with Crippen molar-refractivity contribution in [2.75, 3.05) is 5.32 Å². The number of hydrogen-bond donors (Lipinski definition) is 3. The van der Waals surface area contributed by atoms with Crippen LogP contribution in [0.2, 0.25) is 5.15 Å². The lowest BCUT2D eigenvalue weighted by atomic mass is 9.88. The van der Waals surface area contributed by atoms with Gasteiger partial charge in [-0.25, -0.2) is 9.73 Å². The molecule has 0 spiro atoms. The largest absolute Gasteiger partial charge is 0.338 e. The Morgan fingerprint density at radius 2 is 1.97 bits per heavy atom. The molecule has 3 heterocycles. The number of aryl methyl sites for hydroxylation is 1. The normalized spacial score (nSPS) is 17.1. The van der Waals surface area contributed by atoms with E-state index in [0.717, 1.165) is 25.7 Å². The van der Waals surface area contributed by atoms with E-state index in [1.54, 1.807) is 17.8 Å². The number of hydrogen-bond acceptors (Lipinski definition) is 8. The average Bonchev–Trinajstić information content (AvgIpc) is 3.79. The highest BCUT2D eigenvalue weighted by atomic mass is 35.5. The number of nitrogens with one attached hydrogen (secondary N) is 3. The summed E-state index contributed by atoms with van der Waals surface area (Å²) in [5.74, 6) is 0.0581. The summed E-state index contributed by atoms with van der Waals surface area (Å²) in [5, 5.41) is 23.8. The fourth-order valence-corrected chi connectivity index (χ4v) is 4.89. The van der Waals surface area contributed by atoms with Crippen LogP contribution in [0.15, 0.2) is 27.9 Å². The van der Waals surface area contributed by atoms with Crippen molar-refractivity contribution in [2.24, 2.45) is 17.8 Å². The number of carbonyl (C=O) groups is 2. The van der Waals surface area contributed by atoms with Gasteiger partial charge < -0.3 is 10.6 Å². The SMILES string of the molecule is CCc1nonc1C(=O)NC(C(=O)Nc1cnn(C(C)c2cc(Cl)n[nH]c2=O)c1)C(C1CC1)C1CC1. The minimum Gasteiger partial charge on any atom is -0.338 e. The monoisotopic (exact) mass is 514 g/mol. The van der Waals surface area contributed by atoms with E-state index >= 15 is 0 Å². The molecule has 3 aromatic rings. The van der Waals surface area contributed by atoms with E-state index < -0.39 is 18.0 Å². The van der Waals surface area contributed by atoms with Crippen LogP contribution in [0.4, 0.5) is 5.69 Å². The number of carbonyl (C=O) groups excluding carboxylic acids is 2. The molecule has 0 radical (unpaired) electrons. The molecule has 13 heteroatoms. The van der Waals surface area contributed by atoms with Gasteiger partial charge in [0.15, 0.2) is 5.69 Å². The Morgan fingerprint density at radius 1 is 1.25 bits per heavy atom. The number of halogens is 1. The minimum atomic E-state index is -0.735.